The average molecular weight is 479 g/mol. The van der Waals surface area contributed by atoms with Gasteiger partial charge in [0.1, 0.15) is 23.0 Å². The van der Waals surface area contributed by atoms with Gasteiger partial charge in [-0.25, -0.2) is 13.8 Å². The Morgan fingerprint density at radius 2 is 2.00 bits per heavy atom. The zero-order valence-corrected chi connectivity index (χ0v) is 19.6. The lowest BCUT2D eigenvalue weighted by molar-refractivity contribution is 0.102. The number of carbonyl (C=O) groups is 1. The van der Waals surface area contributed by atoms with E-state index in [1.54, 1.807) is 12.4 Å². The van der Waals surface area contributed by atoms with E-state index in [2.05, 4.69) is 15.3 Å². The zero-order chi connectivity index (χ0) is 24.5. The topological polar surface area (TPSA) is 90.1 Å². The molecule has 2 unspecified atom stereocenters. The van der Waals surface area contributed by atoms with E-state index >= 15 is 8.78 Å². The molecular formula is C27H28F2N4O2. The summed E-state index contributed by atoms with van der Waals surface area (Å²) in [6.07, 6.45) is 6.19. The molecule has 4 bridgehead atoms. The van der Waals surface area contributed by atoms with Gasteiger partial charge in [-0.1, -0.05) is 6.07 Å². The van der Waals surface area contributed by atoms with Crippen LogP contribution in [0.15, 0.2) is 42.7 Å². The highest BCUT2D eigenvalue weighted by molar-refractivity contribution is 6.03. The third-order valence-corrected chi connectivity index (χ3v) is 6.91. The van der Waals surface area contributed by atoms with Gasteiger partial charge in [-0.15, -0.1) is 0 Å². The van der Waals surface area contributed by atoms with Gasteiger partial charge in [0, 0.05) is 24.4 Å². The number of nitrogens with one attached hydrogen (secondary N) is 1. The summed E-state index contributed by atoms with van der Waals surface area (Å²) in [5.74, 6) is -1.52. The third kappa shape index (κ3) is 4.81. The van der Waals surface area contributed by atoms with Crippen LogP contribution in [-0.2, 0) is 17.8 Å². The minimum atomic E-state index is -0.686. The number of pyridine rings is 2. The Labute approximate surface area is 202 Å². The molecule has 1 saturated carbocycles. The largest absolute Gasteiger partial charge is 0.377 e. The molecule has 1 aliphatic heterocycles. The van der Waals surface area contributed by atoms with Crippen LogP contribution < -0.4 is 11.1 Å². The minimum Gasteiger partial charge on any atom is -0.377 e. The molecule has 8 heteroatoms. The summed E-state index contributed by atoms with van der Waals surface area (Å²) in [5.41, 5.74) is 9.27. The Morgan fingerprint density at radius 3 is 2.83 bits per heavy atom. The highest BCUT2D eigenvalue weighted by Crippen LogP contribution is 2.41. The van der Waals surface area contributed by atoms with Gasteiger partial charge in [-0.3, -0.25) is 9.78 Å². The molecule has 0 spiro atoms. The molecule has 182 valence electrons. The number of aromatic nitrogens is 2. The monoisotopic (exact) mass is 478 g/mol. The predicted molar refractivity (Wildman–Crippen MR) is 129 cm³/mol. The van der Waals surface area contributed by atoms with Gasteiger partial charge in [-0.05, 0) is 85.4 Å². The van der Waals surface area contributed by atoms with Crippen molar-refractivity contribution < 1.29 is 18.3 Å². The quantitative estimate of drug-likeness (QED) is 0.554. The average Bonchev–Trinajstić information content (AvgIpc) is 2.83. The number of carbonyl (C=O) groups excluding carboxylic acids is 1. The molecule has 2 aliphatic rings. The number of fused-ring (bicyclic) bond motifs is 8. The fraction of sp³-hybridized carbons (Fsp3) is 0.370. The van der Waals surface area contributed by atoms with Crippen LogP contribution in [0.4, 0.5) is 14.5 Å². The maximum absolute atomic E-state index is 15.6. The normalized spacial score (nSPS) is 21.6. The van der Waals surface area contributed by atoms with Gasteiger partial charge in [0.25, 0.3) is 5.91 Å². The van der Waals surface area contributed by atoms with Crippen molar-refractivity contribution in [1.82, 2.24) is 9.97 Å². The van der Waals surface area contributed by atoms with Crippen LogP contribution in [0.3, 0.4) is 0 Å². The molecule has 3 aromatic rings. The van der Waals surface area contributed by atoms with Crippen LogP contribution in [0, 0.1) is 17.6 Å². The number of rotatable bonds is 3. The van der Waals surface area contributed by atoms with Crippen molar-refractivity contribution in [2.24, 2.45) is 11.7 Å². The number of amides is 1. The minimum absolute atomic E-state index is 0.00105. The standard InChI is InChI=1S/C27H28F2N4O2/c1-2-35-14-16-9-18-8-15-7-17(12-19(30)10-15)20-5-6-31-13-24(20)33-27(34)23-4-3-21(28)26(32-23)25(18)22(29)11-16/h3-6,9,11,13,15,17,19H,2,7-8,10,12,14,30H2,1H3,(H,33,34)/t15-,17?,19?/m1/s1. The molecule has 3 heterocycles. The van der Waals surface area contributed by atoms with Crippen LogP contribution in [-0.4, -0.2) is 28.5 Å². The SMILES string of the molecule is CCOCc1cc(F)c2c(c1)C[C@@H]1CC(N)CC(C1)c1ccncc1NC(=O)c1ccc(F)c-2n1. The van der Waals surface area contributed by atoms with Crippen LogP contribution in [0.25, 0.3) is 11.3 Å². The van der Waals surface area contributed by atoms with E-state index < -0.39 is 17.5 Å². The second-order valence-electron chi connectivity index (χ2n) is 9.43. The Bertz CT molecular complexity index is 1270. The Kier molecular flexibility index (Phi) is 6.58. The smallest absolute Gasteiger partial charge is 0.274 e. The fourth-order valence-electron chi connectivity index (χ4n) is 5.47. The number of hydrogen-bond acceptors (Lipinski definition) is 5. The van der Waals surface area contributed by atoms with E-state index in [4.69, 9.17) is 10.5 Å². The molecule has 1 aromatic carbocycles. The predicted octanol–water partition coefficient (Wildman–Crippen LogP) is 4.98. The maximum Gasteiger partial charge on any atom is 0.274 e. The van der Waals surface area contributed by atoms with Crippen molar-refractivity contribution in [3.63, 3.8) is 0 Å². The number of halogens is 2. The molecule has 35 heavy (non-hydrogen) atoms. The first kappa shape index (κ1) is 23.5. The molecule has 1 aliphatic carbocycles. The summed E-state index contributed by atoms with van der Waals surface area (Å²) in [6, 6.07) is 7.56. The van der Waals surface area contributed by atoms with Gasteiger partial charge < -0.3 is 15.8 Å². The van der Waals surface area contributed by atoms with E-state index in [9.17, 15) is 4.79 Å². The van der Waals surface area contributed by atoms with Crippen LogP contribution in [0.2, 0.25) is 0 Å². The van der Waals surface area contributed by atoms with Crippen molar-refractivity contribution in [3.8, 4) is 11.3 Å². The fourth-order valence-corrected chi connectivity index (χ4v) is 5.47. The second kappa shape index (κ2) is 9.79. The number of benzene rings is 1. The van der Waals surface area contributed by atoms with Crippen molar-refractivity contribution in [3.05, 3.63) is 76.7 Å². The molecule has 5 rings (SSSR count). The van der Waals surface area contributed by atoms with Crippen molar-refractivity contribution in [2.45, 2.75) is 51.2 Å². The van der Waals surface area contributed by atoms with E-state index in [1.165, 1.54) is 12.1 Å². The molecule has 1 fully saturated rings. The zero-order valence-electron chi connectivity index (χ0n) is 19.6. The van der Waals surface area contributed by atoms with Crippen molar-refractivity contribution >= 4 is 11.6 Å². The number of anilines is 1. The molecule has 0 saturated heterocycles. The first-order valence-electron chi connectivity index (χ1n) is 12.0. The van der Waals surface area contributed by atoms with E-state index in [-0.39, 0.29) is 41.4 Å². The molecule has 3 atom stereocenters. The first-order valence-corrected chi connectivity index (χ1v) is 12.0. The van der Waals surface area contributed by atoms with E-state index in [0.717, 1.165) is 30.9 Å². The molecule has 6 nitrogen and oxygen atoms in total. The lowest BCUT2D eigenvalue weighted by Gasteiger charge is -2.34. The van der Waals surface area contributed by atoms with Gasteiger partial charge in [0.2, 0.25) is 0 Å². The lowest BCUT2D eigenvalue weighted by atomic mass is 9.73. The Hall–Kier alpha value is -3.23. The summed E-state index contributed by atoms with van der Waals surface area (Å²) in [4.78, 5) is 21.6. The third-order valence-electron chi connectivity index (χ3n) is 6.91. The molecule has 0 radical (unpaired) electrons. The highest BCUT2D eigenvalue weighted by Gasteiger charge is 2.32. The summed E-state index contributed by atoms with van der Waals surface area (Å²) in [5, 5.41) is 2.88. The number of nitrogens with two attached hydrogens (primary N) is 1. The molecule has 2 aromatic heterocycles. The van der Waals surface area contributed by atoms with Crippen LogP contribution in [0.1, 0.15) is 59.3 Å². The summed E-state index contributed by atoms with van der Waals surface area (Å²) < 4.78 is 36.1. The molecule has 1 amide bonds. The number of hydrogen-bond donors (Lipinski definition) is 2. The lowest BCUT2D eigenvalue weighted by Crippen LogP contribution is -2.33. The van der Waals surface area contributed by atoms with Gasteiger partial charge >= 0.3 is 0 Å². The number of ether oxygens (including phenoxy) is 1. The summed E-state index contributed by atoms with van der Waals surface area (Å²) in [6.45, 7) is 2.63. The van der Waals surface area contributed by atoms with Crippen molar-refractivity contribution in [1.29, 1.82) is 0 Å². The van der Waals surface area contributed by atoms with E-state index in [1.807, 2.05) is 19.1 Å². The van der Waals surface area contributed by atoms with Gasteiger partial charge in [0.15, 0.2) is 0 Å². The van der Waals surface area contributed by atoms with Crippen LogP contribution >= 0.6 is 0 Å². The van der Waals surface area contributed by atoms with Gasteiger partial charge in [-0.2, -0.15) is 0 Å². The number of nitrogens with zero attached hydrogens (tertiary/aromatic N) is 2. The van der Waals surface area contributed by atoms with Gasteiger partial charge in [0.05, 0.1) is 18.5 Å². The summed E-state index contributed by atoms with van der Waals surface area (Å²) in [7, 11) is 0. The van der Waals surface area contributed by atoms with E-state index in [0.29, 0.717) is 29.8 Å². The molecule has 3 N–H and O–H groups in total. The highest BCUT2D eigenvalue weighted by atomic mass is 19.1. The molecular weight excluding hydrogens is 450 g/mol. The summed E-state index contributed by atoms with van der Waals surface area (Å²) >= 11 is 0. The maximum atomic E-state index is 15.6. The first-order chi connectivity index (χ1) is 16.9. The Balaban J connectivity index is 1.69. The van der Waals surface area contributed by atoms with Crippen LogP contribution in [0.5, 0.6) is 0 Å². The Morgan fingerprint density at radius 1 is 1.14 bits per heavy atom. The van der Waals surface area contributed by atoms with Crippen molar-refractivity contribution in [2.75, 3.05) is 11.9 Å². The second-order valence-corrected chi connectivity index (χ2v) is 9.43.